The zero-order valence-corrected chi connectivity index (χ0v) is 13.2. The zero-order chi connectivity index (χ0) is 15.7. The second kappa shape index (κ2) is 6.08. The number of aromatic carboxylic acids is 1. The largest absolute Gasteiger partial charge is 0.478 e. The van der Waals surface area contributed by atoms with E-state index in [1.807, 2.05) is 0 Å². The van der Waals surface area contributed by atoms with Crippen LogP contribution in [0.25, 0.3) is 0 Å². The summed E-state index contributed by atoms with van der Waals surface area (Å²) in [7, 11) is 0. The molecule has 1 amide bonds. The van der Waals surface area contributed by atoms with Crippen LogP contribution in [0, 0.1) is 0 Å². The number of carboxylic acid groups (broad SMARTS) is 1. The number of halogens is 3. The predicted octanol–water partition coefficient (Wildman–Crippen LogP) is 4.69. The molecule has 0 saturated heterocycles. The van der Waals surface area contributed by atoms with E-state index < -0.39 is 23.2 Å². The Hall–Kier alpha value is -1.17. The van der Waals surface area contributed by atoms with Crippen LogP contribution in [0.5, 0.6) is 0 Å². The highest BCUT2D eigenvalue weighted by molar-refractivity contribution is 6.46. The Morgan fingerprint density at radius 1 is 1.20 bits per heavy atom. The summed E-state index contributed by atoms with van der Waals surface area (Å²) in [5.74, 6) is -1.37. The first-order valence-corrected chi connectivity index (χ1v) is 6.57. The number of rotatable bonds is 2. The van der Waals surface area contributed by atoms with E-state index in [9.17, 15) is 9.59 Å². The molecule has 1 aromatic carbocycles. The quantitative estimate of drug-likeness (QED) is 0.766. The molecule has 1 aromatic rings. The molecule has 0 aliphatic rings. The number of nitrogens with one attached hydrogen (secondary N) is 1. The molecule has 20 heavy (non-hydrogen) atoms. The number of anilines is 1. The molecular formula is C12H12Cl3NO4. The normalized spacial score (nSPS) is 11.1. The lowest BCUT2D eigenvalue weighted by Gasteiger charge is -2.20. The number of hydrogen-bond donors (Lipinski definition) is 2. The Morgan fingerprint density at radius 2 is 1.75 bits per heavy atom. The van der Waals surface area contributed by atoms with E-state index >= 15 is 0 Å². The first-order chi connectivity index (χ1) is 9.03. The van der Waals surface area contributed by atoms with Gasteiger partial charge in [-0.15, -0.1) is 0 Å². The SMILES string of the molecule is CC(C)(C)OC(=O)Nc1c(Cl)cc(Cl)c(Cl)c1C(=O)O. The Labute approximate surface area is 130 Å². The summed E-state index contributed by atoms with van der Waals surface area (Å²) in [5, 5.41) is 11.1. The van der Waals surface area contributed by atoms with Crippen LogP contribution in [0.2, 0.25) is 15.1 Å². The van der Waals surface area contributed by atoms with Crippen LogP contribution < -0.4 is 5.32 Å². The standard InChI is InChI=1S/C12H12Cl3NO4/c1-12(2,3)20-11(19)16-9-6(14)4-5(13)8(15)7(9)10(17)18/h4H,1-3H3,(H,16,19)(H,17,18). The molecule has 110 valence electrons. The number of carboxylic acids is 1. The maximum absolute atomic E-state index is 11.7. The van der Waals surface area contributed by atoms with Crippen molar-refractivity contribution in [2.24, 2.45) is 0 Å². The second-order valence-electron chi connectivity index (χ2n) is 4.84. The molecule has 0 aliphatic heterocycles. The molecule has 0 aliphatic carbocycles. The summed E-state index contributed by atoms with van der Waals surface area (Å²) in [6, 6.07) is 1.24. The average Bonchev–Trinajstić information content (AvgIpc) is 2.22. The monoisotopic (exact) mass is 339 g/mol. The van der Waals surface area contributed by atoms with E-state index in [1.54, 1.807) is 20.8 Å². The van der Waals surface area contributed by atoms with Gasteiger partial charge in [-0.05, 0) is 26.8 Å². The average molecular weight is 341 g/mol. The summed E-state index contributed by atoms with van der Waals surface area (Å²) in [5.41, 5.74) is -1.30. The van der Waals surface area contributed by atoms with Gasteiger partial charge in [-0.1, -0.05) is 34.8 Å². The molecule has 0 heterocycles. The van der Waals surface area contributed by atoms with Crippen LogP contribution >= 0.6 is 34.8 Å². The lowest BCUT2D eigenvalue weighted by Crippen LogP contribution is -2.28. The minimum absolute atomic E-state index is 0.0243. The molecule has 0 spiro atoms. The molecular weight excluding hydrogens is 328 g/mol. The van der Waals surface area contributed by atoms with Gasteiger partial charge >= 0.3 is 12.1 Å². The highest BCUT2D eigenvalue weighted by Crippen LogP contribution is 2.37. The summed E-state index contributed by atoms with van der Waals surface area (Å²) in [6.07, 6.45) is -0.847. The van der Waals surface area contributed by atoms with Gasteiger partial charge in [-0.3, -0.25) is 5.32 Å². The van der Waals surface area contributed by atoms with Gasteiger partial charge in [0.15, 0.2) is 0 Å². The van der Waals surface area contributed by atoms with Crippen LogP contribution in [0.3, 0.4) is 0 Å². The highest BCUT2D eigenvalue weighted by atomic mass is 35.5. The fourth-order valence-electron chi connectivity index (χ4n) is 1.32. The van der Waals surface area contributed by atoms with Gasteiger partial charge in [0, 0.05) is 0 Å². The van der Waals surface area contributed by atoms with Crippen LogP contribution in [0.1, 0.15) is 31.1 Å². The Bertz CT molecular complexity index is 567. The molecule has 0 bridgehead atoms. The van der Waals surface area contributed by atoms with Crippen molar-refractivity contribution in [1.82, 2.24) is 0 Å². The van der Waals surface area contributed by atoms with Crippen molar-refractivity contribution in [2.45, 2.75) is 26.4 Å². The second-order valence-corrected chi connectivity index (χ2v) is 6.03. The highest BCUT2D eigenvalue weighted by Gasteiger charge is 2.24. The van der Waals surface area contributed by atoms with Crippen molar-refractivity contribution >= 4 is 52.6 Å². The third-order valence-electron chi connectivity index (χ3n) is 2.01. The van der Waals surface area contributed by atoms with Gasteiger partial charge in [0.1, 0.15) is 11.2 Å². The molecule has 0 atom stereocenters. The van der Waals surface area contributed by atoms with Crippen LogP contribution in [0.4, 0.5) is 10.5 Å². The van der Waals surface area contributed by atoms with Gasteiger partial charge in [0.2, 0.25) is 0 Å². The van der Waals surface area contributed by atoms with Crippen LogP contribution in [0.15, 0.2) is 6.07 Å². The minimum atomic E-state index is -1.37. The molecule has 8 heteroatoms. The summed E-state index contributed by atoms with van der Waals surface area (Å²) in [6.45, 7) is 5.00. The first-order valence-electron chi connectivity index (χ1n) is 5.43. The summed E-state index contributed by atoms with van der Waals surface area (Å²) in [4.78, 5) is 22.9. The van der Waals surface area contributed by atoms with Gasteiger partial charge in [-0.25, -0.2) is 9.59 Å². The van der Waals surface area contributed by atoms with Crippen LogP contribution in [-0.2, 0) is 4.74 Å². The van der Waals surface area contributed by atoms with Crippen molar-refractivity contribution < 1.29 is 19.4 Å². The Balaban J connectivity index is 3.21. The molecule has 0 fully saturated rings. The first kappa shape index (κ1) is 16.9. The minimum Gasteiger partial charge on any atom is -0.478 e. The molecule has 2 N–H and O–H groups in total. The molecule has 1 rings (SSSR count). The zero-order valence-electron chi connectivity index (χ0n) is 10.9. The molecule has 0 unspecified atom stereocenters. The molecule has 0 saturated carbocycles. The number of benzene rings is 1. The number of hydrogen-bond acceptors (Lipinski definition) is 3. The van der Waals surface area contributed by atoms with Crippen molar-refractivity contribution in [1.29, 1.82) is 0 Å². The Kier molecular flexibility index (Phi) is 5.13. The topological polar surface area (TPSA) is 75.6 Å². The third-order valence-corrected chi connectivity index (χ3v) is 3.10. The summed E-state index contributed by atoms with van der Waals surface area (Å²) < 4.78 is 5.02. The van der Waals surface area contributed by atoms with E-state index in [4.69, 9.17) is 44.6 Å². The van der Waals surface area contributed by atoms with Crippen molar-refractivity contribution in [3.8, 4) is 0 Å². The fraction of sp³-hybridized carbons (Fsp3) is 0.333. The lowest BCUT2D eigenvalue weighted by atomic mass is 10.1. The smallest absolute Gasteiger partial charge is 0.412 e. The van der Waals surface area contributed by atoms with E-state index in [0.717, 1.165) is 0 Å². The van der Waals surface area contributed by atoms with E-state index in [0.29, 0.717) is 0 Å². The van der Waals surface area contributed by atoms with Gasteiger partial charge in [-0.2, -0.15) is 0 Å². The van der Waals surface area contributed by atoms with Crippen LogP contribution in [-0.4, -0.2) is 22.8 Å². The summed E-state index contributed by atoms with van der Waals surface area (Å²) >= 11 is 17.5. The molecule has 0 radical (unpaired) electrons. The van der Waals surface area contributed by atoms with Gasteiger partial charge in [0.05, 0.1) is 20.8 Å². The van der Waals surface area contributed by atoms with Crippen molar-refractivity contribution in [2.75, 3.05) is 5.32 Å². The predicted molar refractivity (Wildman–Crippen MR) is 78.3 cm³/mol. The van der Waals surface area contributed by atoms with Crippen molar-refractivity contribution in [3.05, 3.63) is 26.7 Å². The number of carbonyl (C=O) groups is 2. The lowest BCUT2D eigenvalue weighted by molar-refractivity contribution is 0.0636. The van der Waals surface area contributed by atoms with E-state index in [1.165, 1.54) is 6.07 Å². The Morgan fingerprint density at radius 3 is 2.20 bits per heavy atom. The number of amides is 1. The molecule has 0 aromatic heterocycles. The fourth-order valence-corrected chi connectivity index (χ4v) is 2.06. The third kappa shape index (κ3) is 4.16. The van der Waals surface area contributed by atoms with Crippen molar-refractivity contribution in [3.63, 3.8) is 0 Å². The van der Waals surface area contributed by atoms with E-state index in [-0.39, 0.29) is 20.8 Å². The maximum Gasteiger partial charge on any atom is 0.412 e. The van der Waals surface area contributed by atoms with E-state index in [2.05, 4.69) is 5.32 Å². The molecule has 5 nitrogen and oxygen atoms in total. The van der Waals surface area contributed by atoms with Gasteiger partial charge in [0.25, 0.3) is 0 Å². The number of carbonyl (C=O) groups excluding carboxylic acids is 1. The van der Waals surface area contributed by atoms with Gasteiger partial charge < -0.3 is 9.84 Å². The number of ether oxygens (including phenoxy) is 1. The maximum atomic E-state index is 11.7.